The Balaban J connectivity index is 1.69. The van der Waals surface area contributed by atoms with Crippen LogP contribution in [0, 0.1) is 0 Å². The molecule has 0 spiro atoms. The Bertz CT molecular complexity index is 929. The van der Waals surface area contributed by atoms with E-state index >= 15 is 0 Å². The first-order valence-corrected chi connectivity index (χ1v) is 9.54. The summed E-state index contributed by atoms with van der Waals surface area (Å²) in [6, 6.07) is 9.97. The predicted molar refractivity (Wildman–Crippen MR) is 107 cm³/mol. The van der Waals surface area contributed by atoms with E-state index in [9.17, 15) is 0 Å². The standard InChI is InChI=1S/C20H26N6O/c1-2-27-18-6-4-3-5-15(18)23-16-11-19(22)25-26-12-17(24-20(16)26)13-7-9-14(21)10-8-13/h3-6,11-14,23H,2,7-10,21H2,1H3,(H2,22,25). The molecule has 0 unspecified atom stereocenters. The highest BCUT2D eigenvalue weighted by Gasteiger charge is 2.23. The molecule has 1 saturated carbocycles. The van der Waals surface area contributed by atoms with Crippen molar-refractivity contribution in [2.24, 2.45) is 5.73 Å². The first kappa shape index (κ1) is 17.6. The van der Waals surface area contributed by atoms with Crippen LogP contribution in [-0.2, 0) is 0 Å². The number of rotatable bonds is 5. The van der Waals surface area contributed by atoms with Crippen LogP contribution < -0.4 is 21.5 Å². The molecular formula is C20H26N6O. The molecule has 1 aliphatic rings. The third-order valence-electron chi connectivity index (χ3n) is 5.11. The molecule has 27 heavy (non-hydrogen) atoms. The highest BCUT2D eigenvalue weighted by molar-refractivity contribution is 5.77. The van der Waals surface area contributed by atoms with Gasteiger partial charge in [0.2, 0.25) is 0 Å². The van der Waals surface area contributed by atoms with E-state index in [4.69, 9.17) is 21.2 Å². The SMILES string of the molecule is CCOc1ccccc1Nc1cc(N)nn2cc(C3CCC(N)CC3)nc12. The van der Waals surface area contributed by atoms with Crippen molar-refractivity contribution >= 4 is 22.8 Å². The summed E-state index contributed by atoms with van der Waals surface area (Å²) in [6.07, 6.45) is 6.21. The van der Waals surface area contributed by atoms with Crippen LogP contribution in [0.5, 0.6) is 5.75 Å². The third-order valence-corrected chi connectivity index (χ3v) is 5.11. The molecule has 0 bridgehead atoms. The number of aromatic nitrogens is 3. The minimum atomic E-state index is 0.319. The van der Waals surface area contributed by atoms with Crippen molar-refractivity contribution in [2.75, 3.05) is 17.7 Å². The van der Waals surface area contributed by atoms with E-state index in [0.29, 0.717) is 24.4 Å². The molecule has 0 aliphatic heterocycles. The average Bonchev–Trinajstić information content (AvgIpc) is 3.08. The molecule has 5 N–H and O–H groups in total. The van der Waals surface area contributed by atoms with Crippen molar-refractivity contribution in [1.29, 1.82) is 0 Å². The number of ether oxygens (including phenoxy) is 1. The Hall–Kier alpha value is -2.80. The highest BCUT2D eigenvalue weighted by atomic mass is 16.5. The van der Waals surface area contributed by atoms with E-state index in [-0.39, 0.29) is 0 Å². The number of benzene rings is 1. The molecule has 1 fully saturated rings. The van der Waals surface area contributed by atoms with Gasteiger partial charge in [0.05, 0.1) is 29.9 Å². The first-order valence-electron chi connectivity index (χ1n) is 9.54. The Labute approximate surface area is 158 Å². The normalized spacial score (nSPS) is 19.9. The predicted octanol–water partition coefficient (Wildman–Crippen LogP) is 3.44. The molecule has 4 rings (SSSR count). The van der Waals surface area contributed by atoms with Crippen LogP contribution in [-0.4, -0.2) is 27.2 Å². The summed E-state index contributed by atoms with van der Waals surface area (Å²) in [5.41, 5.74) is 15.6. The van der Waals surface area contributed by atoms with Gasteiger partial charge in [-0.15, -0.1) is 5.10 Å². The Morgan fingerprint density at radius 1 is 1.19 bits per heavy atom. The maximum Gasteiger partial charge on any atom is 0.177 e. The van der Waals surface area contributed by atoms with E-state index in [1.54, 1.807) is 4.52 Å². The van der Waals surface area contributed by atoms with Gasteiger partial charge in [-0.3, -0.25) is 0 Å². The average molecular weight is 366 g/mol. The monoisotopic (exact) mass is 366 g/mol. The second-order valence-electron chi connectivity index (χ2n) is 7.08. The van der Waals surface area contributed by atoms with Crippen molar-refractivity contribution in [1.82, 2.24) is 14.6 Å². The van der Waals surface area contributed by atoms with Crippen LogP contribution >= 0.6 is 0 Å². The molecule has 2 heterocycles. The fourth-order valence-corrected chi connectivity index (χ4v) is 3.71. The zero-order valence-electron chi connectivity index (χ0n) is 15.6. The molecule has 0 atom stereocenters. The molecule has 7 nitrogen and oxygen atoms in total. The number of nitrogen functional groups attached to an aromatic ring is 1. The smallest absolute Gasteiger partial charge is 0.177 e. The maximum absolute atomic E-state index is 6.04. The number of hydrogen-bond acceptors (Lipinski definition) is 6. The minimum absolute atomic E-state index is 0.319. The van der Waals surface area contributed by atoms with Gasteiger partial charge in [-0.1, -0.05) is 12.1 Å². The Morgan fingerprint density at radius 2 is 1.96 bits per heavy atom. The van der Waals surface area contributed by atoms with Gasteiger partial charge in [0, 0.05) is 18.0 Å². The number of fused-ring (bicyclic) bond motifs is 1. The highest BCUT2D eigenvalue weighted by Crippen LogP contribution is 2.34. The largest absolute Gasteiger partial charge is 0.492 e. The van der Waals surface area contributed by atoms with E-state index < -0.39 is 0 Å². The zero-order valence-corrected chi connectivity index (χ0v) is 15.6. The van der Waals surface area contributed by atoms with Crippen molar-refractivity contribution in [3.05, 3.63) is 42.2 Å². The van der Waals surface area contributed by atoms with Crippen LogP contribution in [0.2, 0.25) is 0 Å². The quantitative estimate of drug-likeness (QED) is 0.639. The fourth-order valence-electron chi connectivity index (χ4n) is 3.71. The second kappa shape index (κ2) is 7.44. The van der Waals surface area contributed by atoms with E-state index in [2.05, 4.69) is 10.4 Å². The van der Waals surface area contributed by atoms with Crippen LogP contribution in [0.1, 0.15) is 44.2 Å². The maximum atomic E-state index is 6.04. The molecule has 7 heteroatoms. The number of anilines is 3. The van der Waals surface area contributed by atoms with Gasteiger partial charge in [-0.05, 0) is 44.7 Å². The lowest BCUT2D eigenvalue weighted by molar-refractivity contribution is 0.342. The van der Waals surface area contributed by atoms with E-state index in [1.807, 2.05) is 43.5 Å². The van der Waals surface area contributed by atoms with Gasteiger partial charge < -0.3 is 21.5 Å². The summed E-state index contributed by atoms with van der Waals surface area (Å²) < 4.78 is 7.48. The molecule has 0 amide bonds. The summed E-state index contributed by atoms with van der Waals surface area (Å²) in [4.78, 5) is 4.88. The molecule has 142 valence electrons. The first-order chi connectivity index (χ1) is 13.1. The molecule has 0 radical (unpaired) electrons. The van der Waals surface area contributed by atoms with Crippen LogP contribution in [0.4, 0.5) is 17.2 Å². The molecule has 2 aromatic heterocycles. The van der Waals surface area contributed by atoms with Gasteiger partial charge in [-0.25, -0.2) is 9.50 Å². The zero-order chi connectivity index (χ0) is 18.8. The van der Waals surface area contributed by atoms with Gasteiger partial charge >= 0.3 is 0 Å². The molecular weight excluding hydrogens is 340 g/mol. The Morgan fingerprint density at radius 3 is 2.74 bits per heavy atom. The topological polar surface area (TPSA) is 103 Å². The molecule has 0 saturated heterocycles. The summed E-state index contributed by atoms with van der Waals surface area (Å²) in [6.45, 7) is 2.57. The number of hydrogen-bond donors (Lipinski definition) is 3. The second-order valence-corrected chi connectivity index (χ2v) is 7.08. The third kappa shape index (κ3) is 3.68. The number of nitrogens with two attached hydrogens (primary N) is 2. The van der Waals surface area contributed by atoms with Crippen LogP contribution in [0.15, 0.2) is 36.5 Å². The number of nitrogens with one attached hydrogen (secondary N) is 1. The van der Waals surface area contributed by atoms with Gasteiger partial charge in [-0.2, -0.15) is 0 Å². The van der Waals surface area contributed by atoms with Crippen molar-refractivity contribution in [3.63, 3.8) is 0 Å². The Kier molecular flexibility index (Phi) is 4.85. The van der Waals surface area contributed by atoms with Gasteiger partial charge in [0.25, 0.3) is 0 Å². The summed E-state index contributed by atoms with van der Waals surface area (Å²) in [5, 5.41) is 7.82. The minimum Gasteiger partial charge on any atom is -0.492 e. The van der Waals surface area contributed by atoms with Crippen molar-refractivity contribution < 1.29 is 4.74 Å². The van der Waals surface area contributed by atoms with Gasteiger partial charge in [0.15, 0.2) is 5.65 Å². The number of imidazole rings is 1. The molecule has 3 aromatic rings. The summed E-state index contributed by atoms with van der Waals surface area (Å²) >= 11 is 0. The number of nitrogens with zero attached hydrogens (tertiary/aromatic N) is 3. The molecule has 1 aliphatic carbocycles. The van der Waals surface area contributed by atoms with Crippen molar-refractivity contribution in [3.8, 4) is 5.75 Å². The summed E-state index contributed by atoms with van der Waals surface area (Å²) in [5.74, 6) is 1.66. The lowest BCUT2D eigenvalue weighted by Gasteiger charge is -2.24. The van der Waals surface area contributed by atoms with Crippen LogP contribution in [0.3, 0.4) is 0 Å². The lowest BCUT2D eigenvalue weighted by atomic mass is 9.85. The van der Waals surface area contributed by atoms with Crippen LogP contribution in [0.25, 0.3) is 5.65 Å². The fraction of sp³-hybridized carbons (Fsp3) is 0.400. The number of para-hydroxylation sites is 2. The van der Waals surface area contributed by atoms with E-state index in [1.165, 1.54) is 0 Å². The summed E-state index contributed by atoms with van der Waals surface area (Å²) in [7, 11) is 0. The molecule has 1 aromatic carbocycles. The van der Waals surface area contributed by atoms with Gasteiger partial charge in [0.1, 0.15) is 11.6 Å². The van der Waals surface area contributed by atoms with E-state index in [0.717, 1.165) is 54.1 Å². The van der Waals surface area contributed by atoms with Crippen molar-refractivity contribution in [2.45, 2.75) is 44.6 Å². The lowest BCUT2D eigenvalue weighted by Crippen LogP contribution is -2.25.